The van der Waals surface area contributed by atoms with E-state index in [0.717, 1.165) is 69.6 Å². The summed E-state index contributed by atoms with van der Waals surface area (Å²) in [6, 6.07) is 0. The number of unbranched alkanes of at least 4 members (excludes halogenated alkanes) is 34. The third-order valence-electron chi connectivity index (χ3n) is 12.5. The van der Waals surface area contributed by atoms with Gasteiger partial charge in [-0.2, -0.15) is 0 Å². The Balaban J connectivity index is 4.30. The van der Waals surface area contributed by atoms with Crippen LogP contribution < -0.4 is 0 Å². The van der Waals surface area contributed by atoms with Gasteiger partial charge in [-0.05, 0) is 31.1 Å². The fourth-order valence-corrected chi connectivity index (χ4v) is 8.34. The molecule has 6 nitrogen and oxygen atoms in total. The molecule has 0 N–H and O–H groups in total. The molecule has 0 radical (unpaired) electrons. The standard InChI is InChI=1S/C55H106O6/c1-6-7-8-9-10-11-12-13-14-17-21-26-32-37-42-47-55(58)61-52(49-60-54(57)46-41-36-31-27-22-24-29-34-39-44-51(4)5)48-59-53(56)45-40-35-30-25-20-18-15-16-19-23-28-33-38-43-50(2)3/h50-52H,6-49H2,1-5H3/t52-/m1/s1. The molecule has 0 aliphatic rings. The second-order valence-corrected chi connectivity index (χ2v) is 19.8. The number of carbonyl (C=O) groups excluding carboxylic acids is 3. The van der Waals surface area contributed by atoms with Crippen LogP contribution in [-0.2, 0) is 28.6 Å². The number of hydrogen-bond donors (Lipinski definition) is 0. The van der Waals surface area contributed by atoms with Gasteiger partial charge in [0.1, 0.15) is 13.2 Å². The second kappa shape index (κ2) is 47.9. The maximum absolute atomic E-state index is 12.8. The molecule has 0 rings (SSSR count). The van der Waals surface area contributed by atoms with Crippen LogP contribution in [0.3, 0.4) is 0 Å². The summed E-state index contributed by atoms with van der Waals surface area (Å²) in [5, 5.41) is 0. The maximum atomic E-state index is 12.8. The van der Waals surface area contributed by atoms with Crippen molar-refractivity contribution in [3.63, 3.8) is 0 Å². The fourth-order valence-electron chi connectivity index (χ4n) is 8.34. The first-order valence-electron chi connectivity index (χ1n) is 27.2. The molecule has 0 bridgehead atoms. The molecule has 0 aliphatic carbocycles. The van der Waals surface area contributed by atoms with Crippen molar-refractivity contribution in [1.29, 1.82) is 0 Å². The molecule has 6 heteroatoms. The van der Waals surface area contributed by atoms with Crippen molar-refractivity contribution >= 4 is 17.9 Å². The molecule has 0 unspecified atom stereocenters. The van der Waals surface area contributed by atoms with E-state index in [1.54, 1.807) is 0 Å². The first-order chi connectivity index (χ1) is 29.7. The maximum Gasteiger partial charge on any atom is 0.306 e. The van der Waals surface area contributed by atoms with E-state index in [-0.39, 0.29) is 31.1 Å². The van der Waals surface area contributed by atoms with Crippen molar-refractivity contribution in [1.82, 2.24) is 0 Å². The van der Waals surface area contributed by atoms with E-state index in [4.69, 9.17) is 14.2 Å². The molecule has 0 heterocycles. The van der Waals surface area contributed by atoms with E-state index in [9.17, 15) is 14.4 Å². The zero-order valence-corrected chi connectivity index (χ0v) is 41.8. The minimum Gasteiger partial charge on any atom is -0.462 e. The summed E-state index contributed by atoms with van der Waals surface area (Å²) >= 11 is 0. The van der Waals surface area contributed by atoms with Crippen LogP contribution in [0.2, 0.25) is 0 Å². The van der Waals surface area contributed by atoms with Gasteiger partial charge in [0.2, 0.25) is 0 Å². The van der Waals surface area contributed by atoms with Crippen molar-refractivity contribution in [3.8, 4) is 0 Å². The largest absolute Gasteiger partial charge is 0.462 e. The number of ether oxygens (including phenoxy) is 3. The highest BCUT2D eigenvalue weighted by molar-refractivity contribution is 5.71. The van der Waals surface area contributed by atoms with Crippen molar-refractivity contribution in [2.75, 3.05) is 13.2 Å². The summed E-state index contributed by atoms with van der Waals surface area (Å²) in [5.41, 5.74) is 0. The predicted molar refractivity (Wildman–Crippen MR) is 261 cm³/mol. The number of rotatable bonds is 49. The molecule has 0 saturated carbocycles. The van der Waals surface area contributed by atoms with E-state index in [1.165, 1.54) is 193 Å². The first kappa shape index (κ1) is 59.4. The molecule has 0 fully saturated rings. The Hall–Kier alpha value is -1.59. The van der Waals surface area contributed by atoms with Crippen LogP contribution in [0.1, 0.15) is 304 Å². The third kappa shape index (κ3) is 49.3. The SMILES string of the molecule is CCCCCCCCCCCCCCCCCC(=O)O[C@H](COC(=O)CCCCCCCCCCCCCCCC(C)C)COC(=O)CCCCCCCCCCCC(C)C. The Morgan fingerprint density at radius 3 is 0.803 bits per heavy atom. The summed E-state index contributed by atoms with van der Waals surface area (Å²) in [5.74, 6) is 0.804. The van der Waals surface area contributed by atoms with Gasteiger partial charge in [-0.15, -0.1) is 0 Å². The van der Waals surface area contributed by atoms with Crippen LogP contribution in [0.15, 0.2) is 0 Å². The molecular formula is C55H106O6. The van der Waals surface area contributed by atoms with Gasteiger partial charge in [0.05, 0.1) is 0 Å². The van der Waals surface area contributed by atoms with Gasteiger partial charge in [-0.1, -0.05) is 266 Å². The first-order valence-corrected chi connectivity index (χ1v) is 27.2. The lowest BCUT2D eigenvalue weighted by atomic mass is 10.0. The second-order valence-electron chi connectivity index (χ2n) is 19.8. The van der Waals surface area contributed by atoms with Crippen molar-refractivity contribution in [2.24, 2.45) is 11.8 Å². The van der Waals surface area contributed by atoms with Crippen LogP contribution in [0, 0.1) is 11.8 Å². The van der Waals surface area contributed by atoms with Gasteiger partial charge >= 0.3 is 17.9 Å². The van der Waals surface area contributed by atoms with E-state index in [0.29, 0.717) is 19.3 Å². The van der Waals surface area contributed by atoms with E-state index >= 15 is 0 Å². The Bertz CT molecular complexity index is 931. The minimum atomic E-state index is -0.762. The topological polar surface area (TPSA) is 78.9 Å². The van der Waals surface area contributed by atoms with Gasteiger partial charge in [0.15, 0.2) is 6.10 Å². The predicted octanol–water partition coefficient (Wildman–Crippen LogP) is 17.7. The minimum absolute atomic E-state index is 0.0634. The zero-order valence-electron chi connectivity index (χ0n) is 41.8. The lowest BCUT2D eigenvalue weighted by Gasteiger charge is -2.18. The number of carbonyl (C=O) groups is 3. The highest BCUT2D eigenvalue weighted by atomic mass is 16.6. The highest BCUT2D eigenvalue weighted by Gasteiger charge is 2.19. The van der Waals surface area contributed by atoms with Crippen molar-refractivity contribution in [2.45, 2.75) is 310 Å². The molecule has 0 amide bonds. The van der Waals surface area contributed by atoms with E-state index < -0.39 is 6.10 Å². The molecule has 362 valence electrons. The van der Waals surface area contributed by atoms with Crippen LogP contribution in [0.25, 0.3) is 0 Å². The molecule has 0 aliphatic heterocycles. The molecule has 0 aromatic rings. The Labute approximate surface area is 380 Å². The van der Waals surface area contributed by atoms with Crippen LogP contribution in [0.4, 0.5) is 0 Å². The molecule has 0 aromatic heterocycles. The molecule has 0 saturated heterocycles. The summed E-state index contributed by atoms with van der Waals surface area (Å²) < 4.78 is 16.8. The molecular weight excluding hydrogens is 757 g/mol. The van der Waals surface area contributed by atoms with Gasteiger partial charge < -0.3 is 14.2 Å². The summed E-state index contributed by atoms with van der Waals surface area (Å²) in [6.45, 7) is 11.4. The Morgan fingerprint density at radius 1 is 0.311 bits per heavy atom. The Kier molecular flexibility index (Phi) is 46.6. The van der Waals surface area contributed by atoms with Gasteiger partial charge in [-0.25, -0.2) is 0 Å². The Morgan fingerprint density at radius 2 is 0.541 bits per heavy atom. The lowest BCUT2D eigenvalue weighted by Crippen LogP contribution is -2.30. The quantitative estimate of drug-likeness (QED) is 0.0344. The van der Waals surface area contributed by atoms with Crippen LogP contribution in [-0.4, -0.2) is 37.2 Å². The lowest BCUT2D eigenvalue weighted by molar-refractivity contribution is -0.167. The molecule has 0 aromatic carbocycles. The zero-order chi connectivity index (χ0) is 44.7. The van der Waals surface area contributed by atoms with Gasteiger partial charge in [-0.3, -0.25) is 14.4 Å². The van der Waals surface area contributed by atoms with E-state index in [2.05, 4.69) is 34.6 Å². The highest BCUT2D eigenvalue weighted by Crippen LogP contribution is 2.18. The van der Waals surface area contributed by atoms with E-state index in [1.807, 2.05) is 0 Å². The summed E-state index contributed by atoms with van der Waals surface area (Å²) in [7, 11) is 0. The fraction of sp³-hybridized carbons (Fsp3) is 0.945. The smallest absolute Gasteiger partial charge is 0.306 e. The average molecular weight is 863 g/mol. The normalized spacial score (nSPS) is 12.0. The number of hydrogen-bond acceptors (Lipinski definition) is 6. The average Bonchev–Trinajstić information content (AvgIpc) is 3.23. The van der Waals surface area contributed by atoms with Crippen LogP contribution >= 0.6 is 0 Å². The number of esters is 3. The van der Waals surface area contributed by atoms with Gasteiger partial charge in [0.25, 0.3) is 0 Å². The van der Waals surface area contributed by atoms with Gasteiger partial charge in [0, 0.05) is 19.3 Å². The molecule has 1 atom stereocenters. The molecule has 0 spiro atoms. The summed E-state index contributed by atoms with van der Waals surface area (Å²) in [6.07, 6.45) is 49.5. The van der Waals surface area contributed by atoms with Crippen LogP contribution in [0.5, 0.6) is 0 Å². The summed E-state index contributed by atoms with van der Waals surface area (Å²) in [4.78, 5) is 38.0. The van der Waals surface area contributed by atoms with Crippen molar-refractivity contribution in [3.05, 3.63) is 0 Å². The monoisotopic (exact) mass is 863 g/mol. The van der Waals surface area contributed by atoms with Crippen molar-refractivity contribution < 1.29 is 28.6 Å². The molecule has 61 heavy (non-hydrogen) atoms. The third-order valence-corrected chi connectivity index (χ3v) is 12.5.